The lowest BCUT2D eigenvalue weighted by atomic mass is 10.0. The van der Waals surface area contributed by atoms with E-state index in [1.54, 1.807) is 24.3 Å². The van der Waals surface area contributed by atoms with E-state index in [0.717, 1.165) is 16.7 Å². The third kappa shape index (κ3) is 5.58. The first-order valence-electron chi connectivity index (χ1n) is 9.50. The van der Waals surface area contributed by atoms with Gasteiger partial charge in [-0.2, -0.15) is 0 Å². The molecule has 0 aromatic heterocycles. The summed E-state index contributed by atoms with van der Waals surface area (Å²) in [6, 6.07) is 12.3. The summed E-state index contributed by atoms with van der Waals surface area (Å²) < 4.78 is 29.2. The van der Waals surface area contributed by atoms with Gasteiger partial charge in [0, 0.05) is 6.26 Å². The summed E-state index contributed by atoms with van der Waals surface area (Å²) in [6.07, 6.45) is 1.81. The highest BCUT2D eigenvalue weighted by Crippen LogP contribution is 2.23. The highest BCUT2D eigenvalue weighted by Gasteiger charge is 2.22. The van der Waals surface area contributed by atoms with Crippen molar-refractivity contribution in [2.45, 2.75) is 57.6 Å². The molecule has 1 amide bonds. The fourth-order valence-electron chi connectivity index (χ4n) is 3.04. The molecule has 0 aliphatic heterocycles. The van der Waals surface area contributed by atoms with Crippen LogP contribution in [0.1, 0.15) is 49.4 Å². The second-order valence-corrected chi connectivity index (χ2v) is 9.11. The Labute approximate surface area is 168 Å². The van der Waals surface area contributed by atoms with Gasteiger partial charge in [-0.15, -0.1) is 0 Å². The first-order valence-corrected chi connectivity index (χ1v) is 11.4. The van der Waals surface area contributed by atoms with Crippen LogP contribution >= 0.6 is 0 Å². The Hall–Kier alpha value is -2.34. The van der Waals surface area contributed by atoms with Crippen molar-refractivity contribution in [3.63, 3.8) is 0 Å². The third-order valence-electron chi connectivity index (χ3n) is 4.70. The maximum Gasteiger partial charge on any atom is 0.261 e. The van der Waals surface area contributed by atoms with Crippen molar-refractivity contribution in [1.29, 1.82) is 0 Å². The molecule has 2 atom stereocenters. The van der Waals surface area contributed by atoms with Crippen molar-refractivity contribution >= 4 is 15.7 Å². The maximum absolute atomic E-state index is 12.8. The Morgan fingerprint density at radius 3 is 2.18 bits per heavy atom. The van der Waals surface area contributed by atoms with Gasteiger partial charge in [-0.25, -0.2) is 8.42 Å². The van der Waals surface area contributed by atoms with E-state index < -0.39 is 15.9 Å². The Morgan fingerprint density at radius 2 is 1.68 bits per heavy atom. The highest BCUT2D eigenvalue weighted by molar-refractivity contribution is 7.90. The van der Waals surface area contributed by atoms with Crippen LogP contribution in [-0.4, -0.2) is 26.7 Å². The SMILES string of the molecule is CC[C@H](Oc1ccc(C)cc1C)C(=O)N[C@@H](CC)c1ccc(S(C)(=O)=O)cc1. The molecule has 6 heteroatoms. The summed E-state index contributed by atoms with van der Waals surface area (Å²) in [7, 11) is -3.24. The van der Waals surface area contributed by atoms with Crippen LogP contribution in [0, 0.1) is 13.8 Å². The predicted molar refractivity (Wildman–Crippen MR) is 111 cm³/mol. The van der Waals surface area contributed by atoms with Crippen LogP contribution in [0.4, 0.5) is 0 Å². The smallest absolute Gasteiger partial charge is 0.261 e. The van der Waals surface area contributed by atoms with Crippen LogP contribution in [-0.2, 0) is 14.6 Å². The van der Waals surface area contributed by atoms with E-state index in [-0.39, 0.29) is 16.8 Å². The molecule has 2 aromatic carbocycles. The average molecular weight is 404 g/mol. The summed E-state index contributed by atoms with van der Waals surface area (Å²) in [6.45, 7) is 7.86. The van der Waals surface area contributed by atoms with Crippen LogP contribution < -0.4 is 10.1 Å². The topological polar surface area (TPSA) is 72.5 Å². The molecule has 28 heavy (non-hydrogen) atoms. The van der Waals surface area contributed by atoms with E-state index in [1.807, 2.05) is 45.9 Å². The number of amides is 1. The molecule has 0 aliphatic rings. The monoisotopic (exact) mass is 403 g/mol. The molecule has 0 fully saturated rings. The van der Waals surface area contributed by atoms with Gasteiger partial charge < -0.3 is 10.1 Å². The number of nitrogens with one attached hydrogen (secondary N) is 1. The summed E-state index contributed by atoms with van der Waals surface area (Å²) in [5.74, 6) is 0.527. The molecular formula is C22H29NO4S. The number of carbonyl (C=O) groups is 1. The quantitative estimate of drug-likeness (QED) is 0.719. The molecular weight excluding hydrogens is 374 g/mol. The standard InChI is InChI=1S/C22H29NO4S/c1-6-19(17-9-11-18(12-10-17)28(5,25)26)23-22(24)20(7-2)27-21-13-8-15(3)14-16(21)4/h8-14,19-20H,6-7H2,1-5H3,(H,23,24)/t19-,20-/m0/s1. The fourth-order valence-corrected chi connectivity index (χ4v) is 3.67. The summed E-state index contributed by atoms with van der Waals surface area (Å²) in [4.78, 5) is 13.1. The second kappa shape index (κ2) is 9.24. The van der Waals surface area contributed by atoms with Gasteiger partial charge in [0.2, 0.25) is 0 Å². The van der Waals surface area contributed by atoms with Crippen molar-refractivity contribution < 1.29 is 17.9 Å². The summed E-state index contributed by atoms with van der Waals surface area (Å²) >= 11 is 0. The van der Waals surface area contributed by atoms with E-state index in [1.165, 1.54) is 6.26 Å². The molecule has 0 unspecified atom stereocenters. The molecule has 152 valence electrons. The molecule has 2 rings (SSSR count). The average Bonchev–Trinajstić information content (AvgIpc) is 2.64. The largest absolute Gasteiger partial charge is 0.480 e. The number of rotatable bonds is 8. The van der Waals surface area contributed by atoms with Crippen molar-refractivity contribution in [2.75, 3.05) is 6.26 Å². The molecule has 1 N–H and O–H groups in total. The summed E-state index contributed by atoms with van der Waals surface area (Å²) in [5.41, 5.74) is 3.00. The van der Waals surface area contributed by atoms with Gasteiger partial charge in [0.25, 0.3) is 5.91 Å². The van der Waals surface area contributed by atoms with Gasteiger partial charge in [-0.3, -0.25) is 4.79 Å². The van der Waals surface area contributed by atoms with Crippen LogP contribution in [0.3, 0.4) is 0 Å². The van der Waals surface area contributed by atoms with Gasteiger partial charge in [0.1, 0.15) is 5.75 Å². The van der Waals surface area contributed by atoms with Crippen LogP contribution in [0.25, 0.3) is 0 Å². The molecule has 0 saturated carbocycles. The van der Waals surface area contributed by atoms with Crippen LogP contribution in [0.2, 0.25) is 0 Å². The molecule has 0 saturated heterocycles. The molecule has 0 aliphatic carbocycles. The van der Waals surface area contributed by atoms with E-state index in [9.17, 15) is 13.2 Å². The Kier molecular flexibility index (Phi) is 7.24. The molecule has 0 radical (unpaired) electrons. The number of benzene rings is 2. The Bertz CT molecular complexity index is 920. The number of hydrogen-bond donors (Lipinski definition) is 1. The lowest BCUT2D eigenvalue weighted by molar-refractivity contribution is -0.129. The zero-order chi connectivity index (χ0) is 20.9. The predicted octanol–water partition coefficient (Wildman–Crippen LogP) is 4.13. The zero-order valence-corrected chi connectivity index (χ0v) is 18.0. The van der Waals surface area contributed by atoms with E-state index in [0.29, 0.717) is 18.6 Å². The van der Waals surface area contributed by atoms with Gasteiger partial charge >= 0.3 is 0 Å². The van der Waals surface area contributed by atoms with Crippen LogP contribution in [0.15, 0.2) is 47.4 Å². The second-order valence-electron chi connectivity index (χ2n) is 7.09. The van der Waals surface area contributed by atoms with Gasteiger partial charge in [-0.1, -0.05) is 43.7 Å². The maximum atomic E-state index is 12.8. The highest BCUT2D eigenvalue weighted by atomic mass is 32.2. The zero-order valence-electron chi connectivity index (χ0n) is 17.2. The normalized spacial score (nSPS) is 13.6. The van der Waals surface area contributed by atoms with E-state index >= 15 is 0 Å². The lowest BCUT2D eigenvalue weighted by Crippen LogP contribution is -2.40. The van der Waals surface area contributed by atoms with Crippen molar-refractivity contribution in [1.82, 2.24) is 5.32 Å². The van der Waals surface area contributed by atoms with Crippen LogP contribution in [0.5, 0.6) is 5.75 Å². The van der Waals surface area contributed by atoms with Crippen molar-refractivity contribution in [2.24, 2.45) is 0 Å². The lowest BCUT2D eigenvalue weighted by Gasteiger charge is -2.23. The first-order chi connectivity index (χ1) is 13.2. The Morgan fingerprint density at radius 1 is 1.04 bits per heavy atom. The van der Waals surface area contributed by atoms with Gasteiger partial charge in [-0.05, 0) is 56.0 Å². The molecule has 2 aromatic rings. The van der Waals surface area contributed by atoms with Gasteiger partial charge in [0.05, 0.1) is 10.9 Å². The number of carbonyl (C=O) groups excluding carboxylic acids is 1. The van der Waals surface area contributed by atoms with Crippen molar-refractivity contribution in [3.8, 4) is 5.75 Å². The fraction of sp³-hybridized carbons (Fsp3) is 0.409. The number of sulfone groups is 1. The molecule has 0 bridgehead atoms. The molecule has 0 heterocycles. The Balaban J connectivity index is 2.12. The first kappa shape index (κ1) is 22.0. The minimum atomic E-state index is -3.24. The minimum absolute atomic E-state index is 0.179. The number of hydrogen-bond acceptors (Lipinski definition) is 4. The number of aryl methyl sites for hydroxylation is 2. The molecule has 5 nitrogen and oxygen atoms in total. The van der Waals surface area contributed by atoms with Crippen molar-refractivity contribution in [3.05, 3.63) is 59.2 Å². The minimum Gasteiger partial charge on any atom is -0.480 e. The van der Waals surface area contributed by atoms with E-state index in [4.69, 9.17) is 4.74 Å². The van der Waals surface area contributed by atoms with Gasteiger partial charge in [0.15, 0.2) is 15.9 Å². The molecule has 0 spiro atoms. The van der Waals surface area contributed by atoms with E-state index in [2.05, 4.69) is 5.32 Å². The third-order valence-corrected chi connectivity index (χ3v) is 5.83. The summed E-state index contributed by atoms with van der Waals surface area (Å²) in [5, 5.41) is 3.03. The number of ether oxygens (including phenoxy) is 1.